The lowest BCUT2D eigenvalue weighted by Gasteiger charge is -2.17. The molecule has 5 heteroatoms. The van der Waals surface area contributed by atoms with Crippen LogP contribution in [0.4, 0.5) is 5.82 Å². The Morgan fingerprint density at radius 2 is 2.31 bits per heavy atom. The van der Waals surface area contributed by atoms with Crippen LogP contribution in [0.5, 0.6) is 0 Å². The van der Waals surface area contributed by atoms with E-state index in [0.29, 0.717) is 11.7 Å². The van der Waals surface area contributed by atoms with Crippen LogP contribution < -0.4 is 4.90 Å². The number of hydrogen-bond acceptors (Lipinski definition) is 4. The summed E-state index contributed by atoms with van der Waals surface area (Å²) in [4.78, 5) is 20.6. The third kappa shape index (κ3) is 2.29. The van der Waals surface area contributed by atoms with Crippen molar-refractivity contribution in [3.63, 3.8) is 0 Å². The van der Waals surface area contributed by atoms with Gasteiger partial charge in [-0.1, -0.05) is 6.92 Å². The van der Waals surface area contributed by atoms with E-state index in [1.807, 2.05) is 11.9 Å². The number of rotatable bonds is 4. The van der Waals surface area contributed by atoms with E-state index in [2.05, 4.69) is 16.9 Å². The van der Waals surface area contributed by atoms with Crippen LogP contribution in [-0.4, -0.2) is 34.6 Å². The second-order valence-electron chi connectivity index (χ2n) is 4.42. The zero-order valence-electron chi connectivity index (χ0n) is 9.42. The normalized spacial score (nSPS) is 22.9. The van der Waals surface area contributed by atoms with E-state index in [9.17, 15) is 4.79 Å². The van der Waals surface area contributed by atoms with Crippen LogP contribution in [0, 0.1) is 11.8 Å². The molecule has 1 fully saturated rings. The molecule has 2 unspecified atom stereocenters. The highest BCUT2D eigenvalue weighted by Gasteiger charge is 2.33. The van der Waals surface area contributed by atoms with Crippen molar-refractivity contribution >= 4 is 11.8 Å². The molecular formula is C11H15N3O2. The molecule has 0 aromatic carbocycles. The Balaban J connectivity index is 2.07. The Kier molecular flexibility index (Phi) is 2.77. The summed E-state index contributed by atoms with van der Waals surface area (Å²) in [6.45, 7) is 3.14. The monoisotopic (exact) mass is 221 g/mol. The Labute approximate surface area is 94.1 Å². The Hall–Kier alpha value is -1.65. The molecule has 0 amide bonds. The van der Waals surface area contributed by atoms with E-state index < -0.39 is 5.97 Å². The van der Waals surface area contributed by atoms with Crippen molar-refractivity contribution in [3.8, 4) is 0 Å². The topological polar surface area (TPSA) is 66.3 Å². The summed E-state index contributed by atoms with van der Waals surface area (Å²) < 4.78 is 0. The van der Waals surface area contributed by atoms with Gasteiger partial charge in [0.15, 0.2) is 5.69 Å². The summed E-state index contributed by atoms with van der Waals surface area (Å²) in [5.41, 5.74) is -0.00630. The maximum atomic E-state index is 10.7. The molecule has 1 N–H and O–H groups in total. The molecule has 0 radical (unpaired) electrons. The highest BCUT2D eigenvalue weighted by molar-refractivity contribution is 5.85. The molecule has 0 saturated heterocycles. The van der Waals surface area contributed by atoms with E-state index in [4.69, 9.17) is 5.11 Å². The highest BCUT2D eigenvalue weighted by atomic mass is 16.4. The molecule has 16 heavy (non-hydrogen) atoms. The van der Waals surface area contributed by atoms with Crippen LogP contribution in [0.3, 0.4) is 0 Å². The fraction of sp³-hybridized carbons (Fsp3) is 0.545. The predicted octanol–water partition coefficient (Wildman–Crippen LogP) is 1.27. The van der Waals surface area contributed by atoms with Gasteiger partial charge in [0.25, 0.3) is 0 Å². The van der Waals surface area contributed by atoms with E-state index in [0.717, 1.165) is 12.5 Å². The van der Waals surface area contributed by atoms with Crippen LogP contribution in [0.15, 0.2) is 12.4 Å². The molecular weight excluding hydrogens is 206 g/mol. The lowest BCUT2D eigenvalue weighted by atomic mass is 10.3. The van der Waals surface area contributed by atoms with Crippen LogP contribution in [0.25, 0.3) is 0 Å². The van der Waals surface area contributed by atoms with Gasteiger partial charge in [-0.25, -0.2) is 9.78 Å². The van der Waals surface area contributed by atoms with Gasteiger partial charge in [-0.15, -0.1) is 0 Å². The summed E-state index contributed by atoms with van der Waals surface area (Å²) in [5, 5.41) is 8.81. The number of carbonyl (C=O) groups is 1. The van der Waals surface area contributed by atoms with E-state index >= 15 is 0 Å². The highest BCUT2D eigenvalue weighted by Crippen LogP contribution is 2.38. The lowest BCUT2D eigenvalue weighted by Crippen LogP contribution is -2.22. The number of aromatic carboxylic acids is 1. The summed E-state index contributed by atoms with van der Waals surface area (Å²) in [6, 6.07) is 0. The molecule has 1 saturated carbocycles. The number of hydrogen-bond donors (Lipinski definition) is 1. The second kappa shape index (κ2) is 4.08. The van der Waals surface area contributed by atoms with E-state index in [-0.39, 0.29) is 5.69 Å². The third-order valence-electron chi connectivity index (χ3n) is 3.02. The first-order chi connectivity index (χ1) is 7.58. The minimum atomic E-state index is -1.04. The number of carboxylic acid groups (broad SMARTS) is 1. The smallest absolute Gasteiger partial charge is 0.356 e. The Morgan fingerprint density at radius 3 is 2.88 bits per heavy atom. The molecule has 5 nitrogen and oxygen atoms in total. The van der Waals surface area contributed by atoms with Crippen LogP contribution in [0.2, 0.25) is 0 Å². The second-order valence-corrected chi connectivity index (χ2v) is 4.42. The van der Waals surface area contributed by atoms with Gasteiger partial charge in [0.05, 0.1) is 12.4 Å². The summed E-state index contributed by atoms with van der Waals surface area (Å²) in [5.74, 6) is 1.07. The first kappa shape index (κ1) is 10.9. The number of aromatic nitrogens is 2. The van der Waals surface area contributed by atoms with Crippen LogP contribution in [-0.2, 0) is 0 Å². The van der Waals surface area contributed by atoms with Crippen molar-refractivity contribution in [2.24, 2.45) is 11.8 Å². The number of anilines is 1. The quantitative estimate of drug-likeness (QED) is 0.829. The predicted molar refractivity (Wildman–Crippen MR) is 59.5 cm³/mol. The maximum absolute atomic E-state index is 10.7. The average Bonchev–Trinajstić information content (AvgIpc) is 2.94. The van der Waals surface area contributed by atoms with E-state index in [1.165, 1.54) is 12.6 Å². The SMILES string of the molecule is CC1CC1CN(C)c1cncc(C(=O)O)n1. The molecule has 0 aliphatic heterocycles. The number of carboxylic acids is 1. The summed E-state index contributed by atoms with van der Waals surface area (Å²) >= 11 is 0. The molecule has 86 valence electrons. The molecule has 2 atom stereocenters. The van der Waals surface area contributed by atoms with Gasteiger partial charge in [-0.05, 0) is 18.3 Å². The molecule has 0 spiro atoms. The standard InChI is InChI=1S/C11H15N3O2/c1-7-3-8(7)6-14(2)10-5-12-4-9(13-10)11(15)16/h4-5,7-8H,3,6H2,1-2H3,(H,15,16). The van der Waals surface area contributed by atoms with E-state index in [1.54, 1.807) is 6.20 Å². The van der Waals surface area contributed by atoms with Gasteiger partial charge in [-0.2, -0.15) is 0 Å². The maximum Gasteiger partial charge on any atom is 0.356 e. The molecule has 1 aromatic rings. The fourth-order valence-electron chi connectivity index (χ4n) is 1.74. The minimum absolute atomic E-state index is 0.00630. The van der Waals surface area contributed by atoms with Gasteiger partial charge in [0.2, 0.25) is 0 Å². The molecule has 1 aliphatic rings. The van der Waals surface area contributed by atoms with Crippen molar-refractivity contribution in [2.45, 2.75) is 13.3 Å². The zero-order chi connectivity index (χ0) is 11.7. The minimum Gasteiger partial charge on any atom is -0.476 e. The molecule has 0 bridgehead atoms. The fourth-order valence-corrected chi connectivity index (χ4v) is 1.74. The third-order valence-corrected chi connectivity index (χ3v) is 3.02. The summed E-state index contributed by atoms with van der Waals surface area (Å²) in [7, 11) is 1.92. The van der Waals surface area contributed by atoms with Gasteiger partial charge < -0.3 is 10.0 Å². The van der Waals surface area contributed by atoms with Gasteiger partial charge >= 0.3 is 5.97 Å². The van der Waals surface area contributed by atoms with Crippen molar-refractivity contribution in [1.29, 1.82) is 0 Å². The first-order valence-corrected chi connectivity index (χ1v) is 5.34. The molecule has 1 heterocycles. The first-order valence-electron chi connectivity index (χ1n) is 5.34. The van der Waals surface area contributed by atoms with Crippen LogP contribution in [0.1, 0.15) is 23.8 Å². The van der Waals surface area contributed by atoms with Crippen LogP contribution >= 0.6 is 0 Å². The lowest BCUT2D eigenvalue weighted by molar-refractivity contribution is 0.0690. The largest absolute Gasteiger partial charge is 0.476 e. The number of nitrogens with zero attached hydrogens (tertiary/aromatic N) is 3. The van der Waals surface area contributed by atoms with Crippen molar-refractivity contribution < 1.29 is 9.90 Å². The summed E-state index contributed by atoms with van der Waals surface area (Å²) in [6.07, 6.45) is 4.11. The average molecular weight is 221 g/mol. The van der Waals surface area contributed by atoms with Gasteiger partial charge in [-0.3, -0.25) is 4.98 Å². The molecule has 1 aliphatic carbocycles. The van der Waals surface area contributed by atoms with Gasteiger partial charge in [0.1, 0.15) is 5.82 Å². The van der Waals surface area contributed by atoms with Crippen molar-refractivity contribution in [1.82, 2.24) is 9.97 Å². The van der Waals surface area contributed by atoms with Crippen molar-refractivity contribution in [2.75, 3.05) is 18.5 Å². The molecule has 2 rings (SSSR count). The Morgan fingerprint density at radius 1 is 1.62 bits per heavy atom. The molecule has 1 aromatic heterocycles. The Bertz CT molecular complexity index is 408. The van der Waals surface area contributed by atoms with Crippen molar-refractivity contribution in [3.05, 3.63) is 18.1 Å². The van der Waals surface area contributed by atoms with Gasteiger partial charge in [0, 0.05) is 13.6 Å². The zero-order valence-corrected chi connectivity index (χ0v) is 9.42.